The van der Waals surface area contributed by atoms with E-state index in [9.17, 15) is 9.90 Å². The first-order chi connectivity index (χ1) is 6.97. The third-order valence-corrected chi connectivity index (χ3v) is 1.77. The van der Waals surface area contributed by atoms with Crippen molar-refractivity contribution in [1.82, 2.24) is 0 Å². The summed E-state index contributed by atoms with van der Waals surface area (Å²) in [5.41, 5.74) is 0. The fraction of sp³-hybridized carbons (Fsp3) is 0.300. The third-order valence-electron chi connectivity index (χ3n) is 1.77. The van der Waals surface area contributed by atoms with Gasteiger partial charge < -0.3 is 19.7 Å². The molecule has 5 nitrogen and oxygen atoms in total. The molecule has 1 unspecified atom stereocenters. The lowest BCUT2D eigenvalue weighted by atomic mass is 10.3. The molecule has 0 saturated carbocycles. The first kappa shape index (κ1) is 11.3. The van der Waals surface area contributed by atoms with Crippen LogP contribution in [0.25, 0.3) is 0 Å². The lowest BCUT2D eigenvalue weighted by Gasteiger charge is -2.20. The third kappa shape index (κ3) is 2.60. The Hall–Kier alpha value is -1.75. The van der Waals surface area contributed by atoms with Crippen molar-refractivity contribution >= 4 is 5.97 Å². The van der Waals surface area contributed by atoms with Crippen LogP contribution in [0.3, 0.4) is 0 Å². The largest absolute Gasteiger partial charge is 0.493 e. The number of rotatable bonds is 4. The van der Waals surface area contributed by atoms with Crippen LogP contribution in [-0.2, 0) is 4.79 Å². The van der Waals surface area contributed by atoms with Gasteiger partial charge in [0.15, 0.2) is 11.5 Å². The molecule has 2 N–H and O–H groups in total. The van der Waals surface area contributed by atoms with Crippen LogP contribution in [0.1, 0.15) is 6.92 Å². The first-order valence-electron chi connectivity index (χ1n) is 4.25. The maximum Gasteiger partial charge on any atom is 0.376 e. The molecule has 1 aromatic rings. The van der Waals surface area contributed by atoms with Crippen molar-refractivity contribution in [3.8, 4) is 11.5 Å². The number of ether oxygens (including phenoxy) is 2. The number of methoxy groups -OCH3 is 1. The van der Waals surface area contributed by atoms with Crippen molar-refractivity contribution in [2.24, 2.45) is 0 Å². The number of hydrogen-bond acceptors (Lipinski definition) is 4. The number of para-hydroxylation sites is 2. The summed E-state index contributed by atoms with van der Waals surface area (Å²) in [6.07, 6.45) is 0. The maximum absolute atomic E-state index is 10.6. The van der Waals surface area contributed by atoms with Gasteiger partial charge in [-0.2, -0.15) is 0 Å². The quantitative estimate of drug-likeness (QED) is 0.724. The summed E-state index contributed by atoms with van der Waals surface area (Å²) >= 11 is 0. The SMILES string of the molecule is COc1ccccc1OC(C)(O)C(=O)O. The molecule has 0 amide bonds. The minimum atomic E-state index is -2.27. The summed E-state index contributed by atoms with van der Waals surface area (Å²) < 4.78 is 9.86. The van der Waals surface area contributed by atoms with E-state index in [0.29, 0.717) is 5.75 Å². The van der Waals surface area contributed by atoms with Gasteiger partial charge in [-0.25, -0.2) is 4.79 Å². The standard InChI is InChI=1S/C10H12O5/c1-10(13,9(11)12)15-8-6-4-3-5-7(8)14-2/h3-6,13H,1-2H3,(H,11,12). The average molecular weight is 212 g/mol. The predicted molar refractivity (Wildman–Crippen MR) is 51.9 cm³/mol. The molecule has 1 atom stereocenters. The van der Waals surface area contributed by atoms with E-state index >= 15 is 0 Å². The summed E-state index contributed by atoms with van der Waals surface area (Å²) in [5.74, 6) is -3.20. The Morgan fingerprint density at radius 1 is 1.33 bits per heavy atom. The smallest absolute Gasteiger partial charge is 0.376 e. The second-order valence-electron chi connectivity index (χ2n) is 3.04. The van der Waals surface area contributed by atoms with E-state index in [1.807, 2.05) is 0 Å². The highest BCUT2D eigenvalue weighted by atomic mass is 16.7. The average Bonchev–Trinajstić information content (AvgIpc) is 2.18. The molecule has 0 spiro atoms. The minimum absolute atomic E-state index is 0.174. The molecule has 0 aromatic heterocycles. The zero-order valence-electron chi connectivity index (χ0n) is 8.43. The summed E-state index contributed by atoms with van der Waals surface area (Å²) in [7, 11) is 1.43. The summed E-state index contributed by atoms with van der Waals surface area (Å²) in [6, 6.07) is 6.47. The van der Waals surface area contributed by atoms with Crippen LogP contribution >= 0.6 is 0 Å². The van der Waals surface area contributed by atoms with Gasteiger partial charge in [-0.1, -0.05) is 12.1 Å². The lowest BCUT2D eigenvalue weighted by molar-refractivity contribution is -0.188. The molecule has 0 bridgehead atoms. The Morgan fingerprint density at radius 3 is 2.33 bits per heavy atom. The molecule has 0 aliphatic heterocycles. The molecule has 1 aromatic carbocycles. The number of carboxylic acids is 1. The van der Waals surface area contributed by atoms with E-state index in [-0.39, 0.29) is 5.75 Å². The number of carbonyl (C=O) groups is 1. The Balaban J connectivity index is 2.94. The van der Waals surface area contributed by atoms with Gasteiger partial charge in [-0.05, 0) is 12.1 Å². The van der Waals surface area contributed by atoms with Gasteiger partial charge in [0.1, 0.15) is 0 Å². The molecule has 1 rings (SSSR count). The van der Waals surface area contributed by atoms with Crippen molar-refractivity contribution in [2.45, 2.75) is 12.7 Å². The van der Waals surface area contributed by atoms with Crippen molar-refractivity contribution in [3.63, 3.8) is 0 Å². The topological polar surface area (TPSA) is 76.0 Å². The summed E-state index contributed by atoms with van der Waals surface area (Å²) in [5, 5.41) is 18.0. The molecule has 0 saturated heterocycles. The van der Waals surface area contributed by atoms with Crippen LogP contribution in [0, 0.1) is 0 Å². The second-order valence-corrected chi connectivity index (χ2v) is 3.04. The number of aliphatic hydroxyl groups is 1. The van der Waals surface area contributed by atoms with Gasteiger partial charge >= 0.3 is 11.8 Å². The van der Waals surface area contributed by atoms with Gasteiger partial charge in [0.2, 0.25) is 0 Å². The fourth-order valence-electron chi connectivity index (χ4n) is 0.961. The highest BCUT2D eigenvalue weighted by molar-refractivity contribution is 5.75. The molecule has 0 radical (unpaired) electrons. The maximum atomic E-state index is 10.6. The first-order valence-corrected chi connectivity index (χ1v) is 4.25. The highest BCUT2D eigenvalue weighted by Gasteiger charge is 2.33. The predicted octanol–water partition coefficient (Wildman–Crippen LogP) is 0.867. The zero-order valence-corrected chi connectivity index (χ0v) is 8.43. The van der Waals surface area contributed by atoms with Crippen LogP contribution < -0.4 is 9.47 Å². The van der Waals surface area contributed by atoms with Crippen molar-refractivity contribution in [3.05, 3.63) is 24.3 Å². The minimum Gasteiger partial charge on any atom is -0.493 e. The fourth-order valence-corrected chi connectivity index (χ4v) is 0.961. The van der Waals surface area contributed by atoms with Crippen molar-refractivity contribution in [2.75, 3.05) is 7.11 Å². The van der Waals surface area contributed by atoms with Crippen LogP contribution in [0.5, 0.6) is 11.5 Å². The molecule has 0 aliphatic rings. The van der Waals surface area contributed by atoms with Crippen LogP contribution in [-0.4, -0.2) is 29.1 Å². The zero-order chi connectivity index (χ0) is 11.5. The molecule has 0 fully saturated rings. The Kier molecular flexibility index (Phi) is 3.16. The van der Waals surface area contributed by atoms with Crippen LogP contribution in [0.2, 0.25) is 0 Å². The number of benzene rings is 1. The van der Waals surface area contributed by atoms with Crippen molar-refractivity contribution < 1.29 is 24.5 Å². The molecular weight excluding hydrogens is 200 g/mol. The Morgan fingerprint density at radius 2 is 1.87 bits per heavy atom. The molecule has 82 valence electrons. The van der Waals surface area contributed by atoms with Gasteiger partial charge in [0.05, 0.1) is 7.11 Å². The molecule has 15 heavy (non-hydrogen) atoms. The highest BCUT2D eigenvalue weighted by Crippen LogP contribution is 2.28. The van der Waals surface area contributed by atoms with E-state index in [1.54, 1.807) is 18.2 Å². The van der Waals surface area contributed by atoms with Gasteiger partial charge in [-0.3, -0.25) is 0 Å². The number of aliphatic carboxylic acids is 1. The summed E-state index contributed by atoms with van der Waals surface area (Å²) in [6.45, 7) is 1.04. The van der Waals surface area contributed by atoms with Crippen LogP contribution in [0.15, 0.2) is 24.3 Å². The van der Waals surface area contributed by atoms with Crippen LogP contribution in [0.4, 0.5) is 0 Å². The Bertz CT molecular complexity index is 359. The van der Waals surface area contributed by atoms with E-state index in [2.05, 4.69) is 0 Å². The number of carboxylic acid groups (broad SMARTS) is 1. The monoisotopic (exact) mass is 212 g/mol. The summed E-state index contributed by atoms with van der Waals surface area (Å²) in [4.78, 5) is 10.6. The van der Waals surface area contributed by atoms with Gasteiger partial charge in [-0.15, -0.1) is 0 Å². The van der Waals surface area contributed by atoms with Gasteiger partial charge in [0, 0.05) is 6.92 Å². The molecular formula is C10H12O5. The Labute approximate surface area is 86.9 Å². The van der Waals surface area contributed by atoms with Gasteiger partial charge in [0.25, 0.3) is 0 Å². The van der Waals surface area contributed by atoms with E-state index < -0.39 is 11.8 Å². The van der Waals surface area contributed by atoms with E-state index in [1.165, 1.54) is 13.2 Å². The van der Waals surface area contributed by atoms with Crippen molar-refractivity contribution in [1.29, 1.82) is 0 Å². The molecule has 5 heteroatoms. The molecule has 0 heterocycles. The van der Waals surface area contributed by atoms with E-state index in [4.69, 9.17) is 14.6 Å². The lowest BCUT2D eigenvalue weighted by Crippen LogP contribution is -2.41. The van der Waals surface area contributed by atoms with E-state index in [0.717, 1.165) is 6.92 Å². The normalized spacial score (nSPS) is 14.1. The second kappa shape index (κ2) is 4.18. The number of hydrogen-bond donors (Lipinski definition) is 2. The molecule has 0 aliphatic carbocycles.